The lowest BCUT2D eigenvalue weighted by atomic mass is 10.2. The molecule has 1 heterocycles. The van der Waals surface area contributed by atoms with Crippen molar-refractivity contribution in [1.29, 1.82) is 0 Å². The first-order valence-electron chi connectivity index (χ1n) is 5.34. The fourth-order valence-electron chi connectivity index (χ4n) is 1.44. The van der Waals surface area contributed by atoms with Gasteiger partial charge in [0.2, 0.25) is 11.6 Å². The Kier molecular flexibility index (Phi) is 3.70. The Bertz CT molecular complexity index is 673. The second-order valence-electron chi connectivity index (χ2n) is 3.56. The second kappa shape index (κ2) is 5.61. The second-order valence-corrected chi connectivity index (χ2v) is 3.56. The minimum atomic E-state index is -0.588. The van der Waals surface area contributed by atoms with Gasteiger partial charge < -0.3 is 15.7 Å². The van der Waals surface area contributed by atoms with Crippen LogP contribution >= 0.6 is 0 Å². The summed E-state index contributed by atoms with van der Waals surface area (Å²) in [4.78, 5) is 10.3. The molecule has 20 heavy (non-hydrogen) atoms. The molecule has 0 saturated heterocycles. The molecular formula is C11H9N5O4. The van der Waals surface area contributed by atoms with E-state index in [2.05, 4.69) is 15.4 Å². The average molecular weight is 275 g/mol. The number of amidine groups is 1. The van der Waals surface area contributed by atoms with Crippen molar-refractivity contribution in [3.8, 4) is 11.6 Å². The topological polar surface area (TPSA) is 137 Å². The van der Waals surface area contributed by atoms with Gasteiger partial charge in [0.25, 0.3) is 0 Å². The Labute approximate surface area is 112 Å². The van der Waals surface area contributed by atoms with Crippen LogP contribution in [0.3, 0.4) is 0 Å². The summed E-state index contributed by atoms with van der Waals surface area (Å²) in [5.41, 5.74) is 5.40. The first-order chi connectivity index (χ1) is 9.63. The molecule has 1 aromatic carbocycles. The zero-order valence-electron chi connectivity index (χ0n) is 10.0. The highest BCUT2D eigenvalue weighted by Crippen LogP contribution is 2.30. The molecule has 0 aliphatic rings. The fourth-order valence-corrected chi connectivity index (χ4v) is 1.44. The Morgan fingerprint density at radius 1 is 1.40 bits per heavy atom. The van der Waals surface area contributed by atoms with Gasteiger partial charge in [-0.1, -0.05) is 17.3 Å². The van der Waals surface area contributed by atoms with Gasteiger partial charge >= 0.3 is 5.69 Å². The number of nitro benzene ring substituents is 1. The molecule has 1 aromatic heterocycles. The molecule has 0 aliphatic carbocycles. The molecule has 0 radical (unpaired) electrons. The minimum Gasteiger partial charge on any atom is -0.430 e. The molecule has 0 unspecified atom stereocenters. The molecule has 102 valence electrons. The zero-order valence-corrected chi connectivity index (χ0v) is 10.0. The van der Waals surface area contributed by atoms with Gasteiger partial charge in [0.05, 0.1) is 16.7 Å². The van der Waals surface area contributed by atoms with E-state index in [0.29, 0.717) is 0 Å². The average Bonchev–Trinajstić information content (AvgIpc) is 2.47. The van der Waals surface area contributed by atoms with Crippen molar-refractivity contribution in [2.75, 3.05) is 0 Å². The van der Waals surface area contributed by atoms with E-state index >= 15 is 0 Å². The van der Waals surface area contributed by atoms with Crippen LogP contribution in [0.1, 0.15) is 5.56 Å². The number of benzene rings is 1. The number of ether oxygens (including phenoxy) is 1. The molecular weight excluding hydrogens is 266 g/mol. The maximum absolute atomic E-state index is 10.9. The number of nitrogens with zero attached hydrogens (tertiary/aromatic N) is 4. The van der Waals surface area contributed by atoms with Gasteiger partial charge in [-0.3, -0.25) is 10.1 Å². The van der Waals surface area contributed by atoms with E-state index in [1.165, 1.54) is 30.5 Å². The number of oxime groups is 1. The quantitative estimate of drug-likeness (QED) is 0.282. The van der Waals surface area contributed by atoms with E-state index < -0.39 is 4.92 Å². The first kappa shape index (κ1) is 13.2. The molecule has 2 rings (SSSR count). The van der Waals surface area contributed by atoms with Gasteiger partial charge in [0.15, 0.2) is 5.84 Å². The zero-order chi connectivity index (χ0) is 14.5. The van der Waals surface area contributed by atoms with E-state index in [4.69, 9.17) is 15.7 Å². The summed E-state index contributed by atoms with van der Waals surface area (Å²) in [6, 6.07) is 7.18. The fraction of sp³-hybridized carbons (Fsp3) is 0. The van der Waals surface area contributed by atoms with Crippen molar-refractivity contribution in [2.24, 2.45) is 10.9 Å². The number of rotatable bonds is 4. The number of hydrogen-bond acceptors (Lipinski definition) is 7. The van der Waals surface area contributed by atoms with Crippen molar-refractivity contribution in [3.63, 3.8) is 0 Å². The summed E-state index contributed by atoms with van der Waals surface area (Å²) < 4.78 is 5.34. The lowest BCUT2D eigenvalue weighted by Gasteiger charge is -2.07. The van der Waals surface area contributed by atoms with Crippen LogP contribution in [0.15, 0.2) is 41.7 Å². The van der Waals surface area contributed by atoms with E-state index in [-0.39, 0.29) is 28.7 Å². The highest BCUT2D eigenvalue weighted by Gasteiger charge is 2.18. The van der Waals surface area contributed by atoms with Crippen molar-refractivity contribution < 1.29 is 14.9 Å². The van der Waals surface area contributed by atoms with Crippen LogP contribution in [0.2, 0.25) is 0 Å². The third kappa shape index (κ3) is 2.61. The third-order valence-corrected chi connectivity index (χ3v) is 2.34. The molecule has 0 fully saturated rings. The molecule has 0 amide bonds. The van der Waals surface area contributed by atoms with Crippen LogP contribution in [-0.4, -0.2) is 26.2 Å². The summed E-state index contributed by atoms with van der Waals surface area (Å²) in [6.07, 6.45) is 1.32. The maximum atomic E-state index is 10.9. The summed E-state index contributed by atoms with van der Waals surface area (Å²) in [5, 5.41) is 29.7. The summed E-state index contributed by atoms with van der Waals surface area (Å²) in [7, 11) is 0. The molecule has 9 nitrogen and oxygen atoms in total. The summed E-state index contributed by atoms with van der Waals surface area (Å²) >= 11 is 0. The molecule has 3 N–H and O–H groups in total. The van der Waals surface area contributed by atoms with Gasteiger partial charge in [0, 0.05) is 6.07 Å². The molecule has 0 spiro atoms. The highest BCUT2D eigenvalue weighted by atomic mass is 16.6. The molecule has 9 heteroatoms. The van der Waals surface area contributed by atoms with Gasteiger partial charge in [-0.15, -0.1) is 5.10 Å². The number of nitro groups is 1. The summed E-state index contributed by atoms with van der Waals surface area (Å²) in [5.74, 6) is -0.365. The van der Waals surface area contributed by atoms with Crippen molar-refractivity contribution in [2.45, 2.75) is 0 Å². The molecule has 0 aliphatic heterocycles. The molecule has 0 saturated carbocycles. The standard InChI is InChI=1S/C11H9N5O4/c12-10(15-17)7-5-6-13-14-11(7)20-9-4-2-1-3-8(9)16(18)19/h1-6,17H,(H2,12,15). The monoisotopic (exact) mass is 275 g/mol. The Hall–Kier alpha value is -3.23. The van der Waals surface area contributed by atoms with E-state index in [1.807, 2.05) is 0 Å². The van der Waals surface area contributed by atoms with Gasteiger partial charge in [-0.25, -0.2) is 0 Å². The molecule has 2 aromatic rings. The Balaban J connectivity index is 2.44. The largest absolute Gasteiger partial charge is 0.430 e. The normalized spacial score (nSPS) is 11.1. The van der Waals surface area contributed by atoms with E-state index in [1.54, 1.807) is 6.07 Å². The molecule has 0 bridgehead atoms. The molecule has 0 atom stereocenters. The predicted molar refractivity (Wildman–Crippen MR) is 67.7 cm³/mol. The van der Waals surface area contributed by atoms with Gasteiger partial charge in [-0.2, -0.15) is 5.10 Å². The van der Waals surface area contributed by atoms with Crippen LogP contribution in [0.4, 0.5) is 5.69 Å². The number of aromatic nitrogens is 2. The van der Waals surface area contributed by atoms with Crippen molar-refractivity contribution in [1.82, 2.24) is 10.2 Å². The maximum Gasteiger partial charge on any atom is 0.311 e. The van der Waals surface area contributed by atoms with Crippen LogP contribution in [0.25, 0.3) is 0 Å². The number of hydrogen-bond donors (Lipinski definition) is 2. The Morgan fingerprint density at radius 2 is 2.15 bits per heavy atom. The lowest BCUT2D eigenvalue weighted by Crippen LogP contribution is -2.15. The number of nitrogens with two attached hydrogens (primary N) is 1. The van der Waals surface area contributed by atoms with Gasteiger partial charge in [-0.05, 0) is 12.1 Å². The van der Waals surface area contributed by atoms with Crippen LogP contribution in [-0.2, 0) is 0 Å². The summed E-state index contributed by atoms with van der Waals surface area (Å²) in [6.45, 7) is 0. The predicted octanol–water partition coefficient (Wildman–Crippen LogP) is 1.27. The number of para-hydroxylation sites is 2. The third-order valence-electron chi connectivity index (χ3n) is 2.34. The van der Waals surface area contributed by atoms with Crippen molar-refractivity contribution in [3.05, 3.63) is 52.2 Å². The minimum absolute atomic E-state index is 0.0232. The van der Waals surface area contributed by atoms with Crippen LogP contribution < -0.4 is 10.5 Å². The van der Waals surface area contributed by atoms with Gasteiger partial charge in [0.1, 0.15) is 0 Å². The lowest BCUT2D eigenvalue weighted by molar-refractivity contribution is -0.385. The SMILES string of the molecule is N/C(=N/O)c1ccnnc1Oc1ccccc1[N+](=O)[O-]. The van der Waals surface area contributed by atoms with Crippen molar-refractivity contribution >= 4 is 11.5 Å². The Morgan fingerprint density at radius 3 is 2.85 bits per heavy atom. The first-order valence-corrected chi connectivity index (χ1v) is 5.34. The smallest absolute Gasteiger partial charge is 0.311 e. The van der Waals surface area contributed by atoms with Crippen LogP contribution in [0, 0.1) is 10.1 Å². The highest BCUT2D eigenvalue weighted by molar-refractivity contribution is 5.98. The van der Waals surface area contributed by atoms with E-state index in [9.17, 15) is 10.1 Å². The van der Waals surface area contributed by atoms with Crippen LogP contribution in [0.5, 0.6) is 11.6 Å². The van der Waals surface area contributed by atoms with E-state index in [0.717, 1.165) is 0 Å².